The highest BCUT2D eigenvalue weighted by Gasteiger charge is 2.07. The second-order valence-corrected chi connectivity index (χ2v) is 5.72. The standard InChI is InChI=1S/C20H20N4O2/c1-14-22-18(21-13-15-7-4-3-5-8-15)12-19(23-14)24-17-10-6-9-16(11-17)20(25)26-2/h3-12H,13H2,1-2H3,(H2,21,22,23,24). The highest BCUT2D eigenvalue weighted by Crippen LogP contribution is 2.19. The van der Waals surface area contributed by atoms with E-state index in [4.69, 9.17) is 4.74 Å². The predicted octanol–water partition coefficient (Wildman–Crippen LogP) is 3.93. The Morgan fingerprint density at radius 2 is 1.77 bits per heavy atom. The molecular weight excluding hydrogens is 328 g/mol. The SMILES string of the molecule is COC(=O)c1cccc(Nc2cc(NCc3ccccc3)nc(C)n2)c1. The fraction of sp³-hybridized carbons (Fsp3) is 0.150. The summed E-state index contributed by atoms with van der Waals surface area (Å²) in [5.41, 5.74) is 2.40. The van der Waals surface area contributed by atoms with E-state index in [0.29, 0.717) is 23.8 Å². The van der Waals surface area contributed by atoms with Gasteiger partial charge in [-0.15, -0.1) is 0 Å². The normalized spacial score (nSPS) is 10.2. The van der Waals surface area contributed by atoms with Crippen molar-refractivity contribution in [2.75, 3.05) is 17.7 Å². The van der Waals surface area contributed by atoms with Gasteiger partial charge in [-0.2, -0.15) is 0 Å². The molecule has 0 fully saturated rings. The minimum Gasteiger partial charge on any atom is -0.465 e. The van der Waals surface area contributed by atoms with Gasteiger partial charge in [0.1, 0.15) is 17.5 Å². The van der Waals surface area contributed by atoms with Gasteiger partial charge in [0.05, 0.1) is 12.7 Å². The van der Waals surface area contributed by atoms with Gasteiger partial charge in [-0.3, -0.25) is 0 Å². The molecular formula is C20H20N4O2. The first-order valence-corrected chi connectivity index (χ1v) is 8.23. The molecule has 0 bridgehead atoms. The fourth-order valence-corrected chi connectivity index (χ4v) is 2.50. The third-order valence-corrected chi connectivity index (χ3v) is 3.71. The second kappa shape index (κ2) is 8.11. The summed E-state index contributed by atoms with van der Waals surface area (Å²) in [7, 11) is 1.36. The Balaban J connectivity index is 1.74. The van der Waals surface area contributed by atoms with Crippen LogP contribution in [0.15, 0.2) is 60.7 Å². The molecule has 6 nitrogen and oxygen atoms in total. The van der Waals surface area contributed by atoms with Gasteiger partial charge in [-0.25, -0.2) is 14.8 Å². The second-order valence-electron chi connectivity index (χ2n) is 5.72. The number of ether oxygens (including phenoxy) is 1. The summed E-state index contributed by atoms with van der Waals surface area (Å²) < 4.78 is 4.75. The van der Waals surface area contributed by atoms with Crippen molar-refractivity contribution < 1.29 is 9.53 Å². The number of anilines is 3. The quantitative estimate of drug-likeness (QED) is 0.658. The average Bonchev–Trinajstić information content (AvgIpc) is 2.66. The summed E-state index contributed by atoms with van der Waals surface area (Å²) in [6, 6.07) is 19.0. The number of rotatable bonds is 6. The summed E-state index contributed by atoms with van der Waals surface area (Å²) in [5, 5.41) is 6.51. The first-order chi connectivity index (χ1) is 12.6. The topological polar surface area (TPSA) is 76.1 Å². The number of aryl methyl sites for hydroxylation is 1. The Labute approximate surface area is 152 Å². The average molecular weight is 348 g/mol. The molecule has 2 N–H and O–H groups in total. The maximum Gasteiger partial charge on any atom is 0.337 e. The molecule has 3 rings (SSSR count). The lowest BCUT2D eigenvalue weighted by molar-refractivity contribution is 0.0601. The van der Waals surface area contributed by atoms with Gasteiger partial charge in [-0.05, 0) is 30.7 Å². The van der Waals surface area contributed by atoms with Gasteiger partial charge in [0, 0.05) is 18.3 Å². The molecule has 0 amide bonds. The number of carbonyl (C=O) groups is 1. The molecule has 0 atom stereocenters. The molecule has 0 saturated carbocycles. The van der Waals surface area contributed by atoms with E-state index in [0.717, 1.165) is 11.5 Å². The number of hydrogen-bond acceptors (Lipinski definition) is 6. The molecule has 0 aliphatic heterocycles. The van der Waals surface area contributed by atoms with Crippen molar-refractivity contribution in [1.29, 1.82) is 0 Å². The zero-order chi connectivity index (χ0) is 18.4. The van der Waals surface area contributed by atoms with Crippen LogP contribution in [0.1, 0.15) is 21.7 Å². The Kier molecular flexibility index (Phi) is 5.43. The number of methoxy groups -OCH3 is 1. The molecule has 0 radical (unpaired) electrons. The van der Waals surface area contributed by atoms with Gasteiger partial charge in [-0.1, -0.05) is 36.4 Å². The van der Waals surface area contributed by atoms with Gasteiger partial charge < -0.3 is 15.4 Å². The number of hydrogen-bond donors (Lipinski definition) is 2. The number of benzene rings is 2. The maximum atomic E-state index is 11.7. The number of aromatic nitrogens is 2. The van der Waals surface area contributed by atoms with E-state index in [-0.39, 0.29) is 5.97 Å². The summed E-state index contributed by atoms with van der Waals surface area (Å²) in [6.07, 6.45) is 0. The van der Waals surface area contributed by atoms with Crippen LogP contribution < -0.4 is 10.6 Å². The van der Waals surface area contributed by atoms with E-state index in [1.807, 2.05) is 37.3 Å². The van der Waals surface area contributed by atoms with E-state index >= 15 is 0 Å². The molecule has 6 heteroatoms. The summed E-state index contributed by atoms with van der Waals surface area (Å²) >= 11 is 0. The molecule has 3 aromatic rings. The lowest BCUT2D eigenvalue weighted by Crippen LogP contribution is -2.05. The van der Waals surface area contributed by atoms with Crippen molar-refractivity contribution in [3.63, 3.8) is 0 Å². The van der Waals surface area contributed by atoms with E-state index in [9.17, 15) is 4.79 Å². The van der Waals surface area contributed by atoms with Crippen molar-refractivity contribution in [3.05, 3.63) is 77.6 Å². The van der Waals surface area contributed by atoms with Gasteiger partial charge >= 0.3 is 5.97 Å². The first kappa shape index (κ1) is 17.4. The van der Waals surface area contributed by atoms with Crippen molar-refractivity contribution >= 4 is 23.3 Å². The van der Waals surface area contributed by atoms with Crippen molar-refractivity contribution in [2.24, 2.45) is 0 Å². The van der Waals surface area contributed by atoms with Crippen LogP contribution >= 0.6 is 0 Å². The van der Waals surface area contributed by atoms with E-state index in [2.05, 4.69) is 32.7 Å². The molecule has 0 unspecified atom stereocenters. The van der Waals surface area contributed by atoms with Crippen LogP contribution in [0, 0.1) is 6.92 Å². The molecule has 0 aliphatic rings. The lowest BCUT2D eigenvalue weighted by Gasteiger charge is -2.11. The summed E-state index contributed by atoms with van der Waals surface area (Å²) in [6.45, 7) is 2.51. The Hall–Kier alpha value is -3.41. The third-order valence-electron chi connectivity index (χ3n) is 3.71. The van der Waals surface area contributed by atoms with Crippen molar-refractivity contribution in [1.82, 2.24) is 9.97 Å². The number of nitrogens with one attached hydrogen (secondary N) is 2. The maximum absolute atomic E-state index is 11.7. The lowest BCUT2D eigenvalue weighted by atomic mass is 10.2. The zero-order valence-electron chi connectivity index (χ0n) is 14.7. The largest absolute Gasteiger partial charge is 0.465 e. The van der Waals surface area contributed by atoms with E-state index < -0.39 is 0 Å². The van der Waals surface area contributed by atoms with Crippen LogP contribution in [0.3, 0.4) is 0 Å². The van der Waals surface area contributed by atoms with Crippen molar-refractivity contribution in [2.45, 2.75) is 13.5 Å². The minimum atomic E-state index is -0.377. The molecule has 0 aliphatic carbocycles. The van der Waals surface area contributed by atoms with Gasteiger partial charge in [0.25, 0.3) is 0 Å². The molecule has 0 saturated heterocycles. The molecule has 2 aromatic carbocycles. The summed E-state index contributed by atoms with van der Waals surface area (Å²) in [4.78, 5) is 20.5. The summed E-state index contributed by atoms with van der Waals surface area (Å²) in [5.74, 6) is 1.65. The van der Waals surface area contributed by atoms with E-state index in [1.54, 1.807) is 18.2 Å². The Bertz CT molecular complexity index is 897. The van der Waals surface area contributed by atoms with Crippen LogP contribution in [-0.2, 0) is 11.3 Å². The minimum absolute atomic E-state index is 0.377. The smallest absolute Gasteiger partial charge is 0.337 e. The zero-order valence-corrected chi connectivity index (χ0v) is 14.7. The van der Waals surface area contributed by atoms with Crippen LogP contribution in [0.2, 0.25) is 0 Å². The highest BCUT2D eigenvalue weighted by atomic mass is 16.5. The number of nitrogens with zero attached hydrogens (tertiary/aromatic N) is 2. The predicted molar refractivity (Wildman–Crippen MR) is 102 cm³/mol. The Morgan fingerprint density at radius 3 is 2.54 bits per heavy atom. The van der Waals surface area contributed by atoms with Crippen LogP contribution in [0.25, 0.3) is 0 Å². The van der Waals surface area contributed by atoms with Crippen LogP contribution in [0.4, 0.5) is 17.3 Å². The number of carbonyl (C=O) groups excluding carboxylic acids is 1. The first-order valence-electron chi connectivity index (χ1n) is 8.23. The van der Waals surface area contributed by atoms with Gasteiger partial charge in [0.15, 0.2) is 0 Å². The molecule has 132 valence electrons. The highest BCUT2D eigenvalue weighted by molar-refractivity contribution is 5.90. The van der Waals surface area contributed by atoms with Crippen LogP contribution in [-0.4, -0.2) is 23.0 Å². The van der Waals surface area contributed by atoms with Crippen molar-refractivity contribution in [3.8, 4) is 0 Å². The molecule has 26 heavy (non-hydrogen) atoms. The monoisotopic (exact) mass is 348 g/mol. The molecule has 1 heterocycles. The third kappa shape index (κ3) is 4.57. The van der Waals surface area contributed by atoms with Crippen LogP contribution in [0.5, 0.6) is 0 Å². The van der Waals surface area contributed by atoms with Gasteiger partial charge in [0.2, 0.25) is 0 Å². The van der Waals surface area contributed by atoms with E-state index in [1.165, 1.54) is 12.7 Å². The Morgan fingerprint density at radius 1 is 1.00 bits per heavy atom. The molecule has 0 spiro atoms. The number of esters is 1. The molecule has 1 aromatic heterocycles. The fourth-order valence-electron chi connectivity index (χ4n) is 2.50.